The number of hydrogen-bond acceptors (Lipinski definition) is 2. The van der Waals surface area contributed by atoms with E-state index in [9.17, 15) is 4.79 Å². The number of benzene rings is 3. The van der Waals surface area contributed by atoms with Crippen LogP contribution >= 0.6 is 0 Å². The number of fused-ring (bicyclic) bond motifs is 1. The lowest BCUT2D eigenvalue weighted by molar-refractivity contribution is 0.0974. The average Bonchev–Trinajstić information content (AvgIpc) is 2.71. The molecule has 0 aromatic heterocycles. The van der Waals surface area contributed by atoms with Crippen LogP contribution in [0.1, 0.15) is 46.4 Å². The molecular weight excluding hydrogens is 344 g/mol. The van der Waals surface area contributed by atoms with Crippen molar-refractivity contribution in [3.8, 4) is 0 Å². The van der Waals surface area contributed by atoms with Gasteiger partial charge in [0.05, 0.1) is 11.7 Å². The van der Waals surface area contributed by atoms with Crippen LogP contribution in [-0.2, 0) is 0 Å². The lowest BCUT2D eigenvalue weighted by Crippen LogP contribution is -2.44. The number of para-hydroxylation sites is 2. The molecule has 1 N–H and O–H groups in total. The first-order valence-electron chi connectivity index (χ1n) is 9.86. The van der Waals surface area contributed by atoms with Crippen LogP contribution < -0.4 is 10.2 Å². The number of nitrogens with zero attached hydrogens (tertiary/aromatic N) is 1. The predicted molar refractivity (Wildman–Crippen MR) is 116 cm³/mol. The van der Waals surface area contributed by atoms with Gasteiger partial charge >= 0.3 is 0 Å². The van der Waals surface area contributed by atoms with Gasteiger partial charge in [0, 0.05) is 17.3 Å². The van der Waals surface area contributed by atoms with Crippen molar-refractivity contribution in [1.29, 1.82) is 0 Å². The van der Waals surface area contributed by atoms with E-state index in [1.54, 1.807) is 0 Å². The van der Waals surface area contributed by atoms with Gasteiger partial charge in [-0.1, -0.05) is 54.6 Å². The number of hydrogen-bond donors (Lipinski definition) is 1. The SMILES string of the molecule is Cc1ccccc1N[C@@H]1C[C@@H](C)N(C(=O)c2ccccc2)c2c(C)cccc21. The Hall–Kier alpha value is -3.07. The Bertz CT molecular complexity index is 996. The monoisotopic (exact) mass is 370 g/mol. The average molecular weight is 370 g/mol. The maximum atomic E-state index is 13.3. The highest BCUT2D eigenvalue weighted by Crippen LogP contribution is 2.41. The largest absolute Gasteiger partial charge is 0.378 e. The van der Waals surface area contributed by atoms with Crippen LogP contribution in [0.2, 0.25) is 0 Å². The van der Waals surface area contributed by atoms with E-state index < -0.39 is 0 Å². The van der Waals surface area contributed by atoms with E-state index in [-0.39, 0.29) is 18.0 Å². The summed E-state index contributed by atoms with van der Waals surface area (Å²) in [5, 5.41) is 3.72. The molecule has 0 radical (unpaired) electrons. The first-order chi connectivity index (χ1) is 13.6. The van der Waals surface area contributed by atoms with Crippen molar-refractivity contribution < 1.29 is 4.79 Å². The van der Waals surface area contributed by atoms with Gasteiger partial charge in [0.2, 0.25) is 0 Å². The minimum Gasteiger partial charge on any atom is -0.378 e. The van der Waals surface area contributed by atoms with Gasteiger partial charge in [-0.05, 0) is 62.1 Å². The fourth-order valence-corrected chi connectivity index (χ4v) is 4.17. The molecule has 0 saturated heterocycles. The molecule has 2 atom stereocenters. The van der Waals surface area contributed by atoms with Gasteiger partial charge in [-0.2, -0.15) is 0 Å². The highest BCUT2D eigenvalue weighted by molar-refractivity contribution is 6.07. The highest BCUT2D eigenvalue weighted by Gasteiger charge is 2.35. The van der Waals surface area contributed by atoms with Crippen LogP contribution in [0.5, 0.6) is 0 Å². The summed E-state index contributed by atoms with van der Waals surface area (Å²) >= 11 is 0. The van der Waals surface area contributed by atoms with Crippen LogP contribution in [0.4, 0.5) is 11.4 Å². The molecule has 28 heavy (non-hydrogen) atoms. The van der Waals surface area contributed by atoms with Crippen LogP contribution in [0.25, 0.3) is 0 Å². The molecule has 1 aliphatic rings. The Kier molecular flexibility index (Phi) is 4.91. The van der Waals surface area contributed by atoms with E-state index in [0.29, 0.717) is 0 Å². The zero-order chi connectivity index (χ0) is 19.7. The Balaban J connectivity index is 1.75. The van der Waals surface area contributed by atoms with Gasteiger partial charge in [0.15, 0.2) is 0 Å². The number of carbonyl (C=O) groups is 1. The van der Waals surface area contributed by atoms with Crippen molar-refractivity contribution >= 4 is 17.3 Å². The lowest BCUT2D eigenvalue weighted by atomic mass is 9.88. The number of anilines is 2. The molecule has 0 bridgehead atoms. The molecule has 0 spiro atoms. The van der Waals surface area contributed by atoms with Gasteiger partial charge < -0.3 is 10.2 Å². The molecule has 1 aliphatic heterocycles. The van der Waals surface area contributed by atoms with E-state index in [2.05, 4.69) is 68.6 Å². The zero-order valence-electron chi connectivity index (χ0n) is 16.6. The maximum absolute atomic E-state index is 13.3. The van der Waals surface area contributed by atoms with Crippen molar-refractivity contribution in [3.05, 3.63) is 95.1 Å². The predicted octanol–water partition coefficient (Wildman–Crippen LogP) is 5.90. The minimum absolute atomic E-state index is 0.0676. The van der Waals surface area contributed by atoms with Gasteiger partial charge in [0.1, 0.15) is 0 Å². The minimum atomic E-state index is 0.0676. The van der Waals surface area contributed by atoms with Crippen molar-refractivity contribution in [3.63, 3.8) is 0 Å². The van der Waals surface area contributed by atoms with E-state index in [0.717, 1.165) is 28.9 Å². The quantitative estimate of drug-likeness (QED) is 0.623. The summed E-state index contributed by atoms with van der Waals surface area (Å²) in [6.07, 6.45) is 0.864. The topological polar surface area (TPSA) is 32.3 Å². The van der Waals surface area contributed by atoms with Crippen molar-refractivity contribution in [2.24, 2.45) is 0 Å². The lowest BCUT2D eigenvalue weighted by Gasteiger charge is -2.41. The summed E-state index contributed by atoms with van der Waals surface area (Å²) in [7, 11) is 0. The first kappa shape index (κ1) is 18.3. The molecule has 0 unspecified atom stereocenters. The van der Waals surface area contributed by atoms with Crippen LogP contribution in [0.15, 0.2) is 72.8 Å². The van der Waals surface area contributed by atoms with E-state index in [1.165, 1.54) is 11.1 Å². The number of carbonyl (C=O) groups excluding carboxylic acids is 1. The molecule has 3 aromatic carbocycles. The molecule has 0 saturated carbocycles. The van der Waals surface area contributed by atoms with E-state index in [1.807, 2.05) is 35.2 Å². The highest BCUT2D eigenvalue weighted by atomic mass is 16.2. The van der Waals surface area contributed by atoms with Gasteiger partial charge in [-0.25, -0.2) is 0 Å². The Morgan fingerprint density at radius 3 is 2.32 bits per heavy atom. The number of aryl methyl sites for hydroxylation is 2. The maximum Gasteiger partial charge on any atom is 0.258 e. The van der Waals surface area contributed by atoms with Gasteiger partial charge in [-0.15, -0.1) is 0 Å². The third-order valence-electron chi connectivity index (χ3n) is 5.62. The second kappa shape index (κ2) is 7.51. The molecular formula is C25H26N2O. The van der Waals surface area contributed by atoms with Crippen LogP contribution in [0.3, 0.4) is 0 Å². The molecule has 1 heterocycles. The summed E-state index contributed by atoms with van der Waals surface area (Å²) in [6, 6.07) is 24.5. The second-order valence-corrected chi connectivity index (χ2v) is 7.65. The molecule has 4 rings (SSSR count). The number of amides is 1. The molecule has 3 nitrogen and oxygen atoms in total. The van der Waals surface area contributed by atoms with E-state index >= 15 is 0 Å². The van der Waals surface area contributed by atoms with Crippen molar-refractivity contribution in [1.82, 2.24) is 0 Å². The summed E-state index contributed by atoms with van der Waals surface area (Å²) in [6.45, 7) is 6.35. The van der Waals surface area contributed by atoms with Crippen LogP contribution in [0, 0.1) is 13.8 Å². The summed E-state index contributed by atoms with van der Waals surface area (Å²) in [4.78, 5) is 15.3. The fraction of sp³-hybridized carbons (Fsp3) is 0.240. The molecule has 0 fully saturated rings. The summed E-state index contributed by atoms with van der Waals surface area (Å²) in [5.74, 6) is 0.0676. The summed E-state index contributed by atoms with van der Waals surface area (Å²) in [5.41, 5.74) is 6.47. The summed E-state index contributed by atoms with van der Waals surface area (Å²) < 4.78 is 0. The standard InChI is InChI=1S/C25H26N2O/c1-17-10-7-8-15-22(17)26-23-16-19(3)27(24-18(2)11-9-14-21(23)24)25(28)20-12-5-4-6-13-20/h4-15,19,23,26H,16H2,1-3H3/t19-,23-/m1/s1. The normalized spacial score (nSPS) is 18.5. The second-order valence-electron chi connectivity index (χ2n) is 7.65. The van der Waals surface area contributed by atoms with Crippen molar-refractivity contribution in [2.45, 2.75) is 39.3 Å². The molecule has 1 amide bonds. The van der Waals surface area contributed by atoms with Gasteiger partial charge in [-0.3, -0.25) is 4.79 Å². The van der Waals surface area contributed by atoms with Crippen molar-refractivity contribution in [2.75, 3.05) is 10.2 Å². The molecule has 3 aromatic rings. The Labute approximate surface area is 167 Å². The van der Waals surface area contributed by atoms with Gasteiger partial charge in [0.25, 0.3) is 5.91 Å². The number of rotatable bonds is 3. The Morgan fingerprint density at radius 2 is 1.57 bits per heavy atom. The number of nitrogens with one attached hydrogen (secondary N) is 1. The third-order valence-corrected chi connectivity index (χ3v) is 5.62. The zero-order valence-corrected chi connectivity index (χ0v) is 16.6. The Morgan fingerprint density at radius 1 is 0.893 bits per heavy atom. The molecule has 0 aliphatic carbocycles. The van der Waals surface area contributed by atoms with E-state index in [4.69, 9.17) is 0 Å². The molecule has 3 heteroatoms. The first-order valence-corrected chi connectivity index (χ1v) is 9.86. The third kappa shape index (κ3) is 3.29. The fourth-order valence-electron chi connectivity index (χ4n) is 4.17. The van der Waals surface area contributed by atoms with Crippen LogP contribution in [-0.4, -0.2) is 11.9 Å². The smallest absolute Gasteiger partial charge is 0.258 e. The molecule has 142 valence electrons.